The van der Waals surface area contributed by atoms with Crippen LogP contribution >= 0.6 is 0 Å². The van der Waals surface area contributed by atoms with Gasteiger partial charge in [-0.05, 0) is 49.4 Å². The second-order valence-corrected chi connectivity index (χ2v) is 20.8. The Morgan fingerprint density at radius 1 is 0.486 bits per heavy atom. The monoisotopic (exact) mass is 1030 g/mol. The SMILES string of the molecule is CCCCCCCCCCCCCCCCCC(=O)OCC(COCCOCCNC(=O)CCCCC(=O)N1Cc2ccccc2C#Cc2ccccc21)OC(=O)CCCCCCCCCCCCCCCCC. The number of carbonyl (C=O) groups is 4. The lowest BCUT2D eigenvalue weighted by Crippen LogP contribution is -2.31. The summed E-state index contributed by atoms with van der Waals surface area (Å²) in [4.78, 5) is 53.5. The second kappa shape index (κ2) is 45.0. The average Bonchev–Trinajstić information content (AvgIpc) is 3.40. The first-order valence-corrected chi connectivity index (χ1v) is 30.2. The molecule has 0 saturated heterocycles. The minimum absolute atomic E-state index is 0.0125. The number of nitrogens with one attached hydrogen (secondary N) is 1. The van der Waals surface area contributed by atoms with Crippen LogP contribution in [0.2, 0.25) is 0 Å². The molecule has 10 nitrogen and oxygen atoms in total. The Morgan fingerprint density at radius 3 is 1.50 bits per heavy atom. The number of ether oxygens (including phenoxy) is 4. The van der Waals surface area contributed by atoms with E-state index in [0.29, 0.717) is 64.8 Å². The van der Waals surface area contributed by atoms with Crippen LogP contribution in [0.5, 0.6) is 0 Å². The average molecular weight is 1030 g/mol. The van der Waals surface area contributed by atoms with E-state index in [1.807, 2.05) is 53.4 Å². The summed E-state index contributed by atoms with van der Waals surface area (Å²) in [5.74, 6) is 5.87. The summed E-state index contributed by atoms with van der Waals surface area (Å²) in [6.07, 6.45) is 39.9. The fourth-order valence-corrected chi connectivity index (χ4v) is 9.59. The van der Waals surface area contributed by atoms with E-state index in [9.17, 15) is 19.2 Å². The fourth-order valence-electron chi connectivity index (χ4n) is 9.59. The summed E-state index contributed by atoms with van der Waals surface area (Å²) >= 11 is 0. The fraction of sp³-hybridized carbons (Fsp3) is 0.719. The molecule has 0 saturated carbocycles. The molecule has 1 atom stereocenters. The maximum Gasteiger partial charge on any atom is 0.306 e. The molecule has 1 aliphatic heterocycles. The molecule has 0 fully saturated rings. The van der Waals surface area contributed by atoms with Crippen molar-refractivity contribution in [2.75, 3.05) is 44.5 Å². The van der Waals surface area contributed by atoms with E-state index in [0.717, 1.165) is 60.9 Å². The smallest absolute Gasteiger partial charge is 0.306 e. The van der Waals surface area contributed by atoms with Crippen LogP contribution < -0.4 is 10.2 Å². The van der Waals surface area contributed by atoms with E-state index in [1.54, 1.807) is 0 Å². The number of amides is 2. The normalized spacial score (nSPS) is 12.2. The van der Waals surface area contributed by atoms with Gasteiger partial charge in [-0.15, -0.1) is 0 Å². The lowest BCUT2D eigenvalue weighted by atomic mass is 10.0. The van der Waals surface area contributed by atoms with Crippen LogP contribution in [-0.4, -0.2) is 69.4 Å². The summed E-state index contributed by atoms with van der Waals surface area (Å²) in [6.45, 7) is 6.31. The number of carbonyl (C=O) groups excluding carboxylic acids is 4. The maximum atomic E-state index is 13.5. The molecule has 0 radical (unpaired) electrons. The number of benzene rings is 2. The Bertz CT molecular complexity index is 1820. The molecule has 1 unspecified atom stereocenters. The summed E-state index contributed by atoms with van der Waals surface area (Å²) in [6, 6.07) is 15.7. The first-order chi connectivity index (χ1) is 36.4. The van der Waals surface area contributed by atoms with Gasteiger partial charge in [-0.2, -0.15) is 0 Å². The van der Waals surface area contributed by atoms with Crippen LogP contribution in [0, 0.1) is 11.8 Å². The van der Waals surface area contributed by atoms with Gasteiger partial charge in [0, 0.05) is 43.4 Å². The summed E-state index contributed by atoms with van der Waals surface area (Å²) in [5, 5.41) is 2.90. The van der Waals surface area contributed by atoms with Crippen molar-refractivity contribution in [1.29, 1.82) is 0 Å². The van der Waals surface area contributed by atoms with E-state index in [2.05, 4.69) is 31.0 Å². The predicted molar refractivity (Wildman–Crippen MR) is 303 cm³/mol. The molecule has 2 aromatic carbocycles. The van der Waals surface area contributed by atoms with Crippen molar-refractivity contribution >= 4 is 29.4 Å². The Balaban J connectivity index is 1.26. The number of anilines is 1. The number of unbranched alkanes of at least 4 members (excludes halogenated alkanes) is 29. The Kier molecular flexibility index (Phi) is 39.0. The minimum atomic E-state index is -0.686. The molecule has 10 heteroatoms. The van der Waals surface area contributed by atoms with Gasteiger partial charge >= 0.3 is 11.9 Å². The first-order valence-electron chi connectivity index (χ1n) is 30.2. The molecule has 416 valence electrons. The van der Waals surface area contributed by atoms with Gasteiger partial charge in [-0.1, -0.05) is 236 Å². The third-order valence-electron chi connectivity index (χ3n) is 14.2. The highest BCUT2D eigenvalue weighted by molar-refractivity contribution is 5.95. The van der Waals surface area contributed by atoms with E-state index in [-0.39, 0.29) is 43.6 Å². The van der Waals surface area contributed by atoms with Crippen molar-refractivity contribution in [1.82, 2.24) is 5.32 Å². The number of fused-ring (bicyclic) bond motifs is 2. The summed E-state index contributed by atoms with van der Waals surface area (Å²) in [5.41, 5.74) is 3.58. The van der Waals surface area contributed by atoms with Gasteiger partial charge in [0.1, 0.15) is 6.61 Å². The number of rotatable bonds is 48. The van der Waals surface area contributed by atoms with Gasteiger partial charge in [-0.25, -0.2) is 0 Å². The Labute approximate surface area is 450 Å². The van der Waals surface area contributed by atoms with E-state index < -0.39 is 6.10 Å². The van der Waals surface area contributed by atoms with Crippen LogP contribution in [0.15, 0.2) is 48.5 Å². The molecule has 0 aliphatic carbocycles. The van der Waals surface area contributed by atoms with Crippen LogP contribution in [0.4, 0.5) is 5.69 Å². The number of para-hydroxylation sites is 1. The molecule has 2 aromatic rings. The predicted octanol–water partition coefficient (Wildman–Crippen LogP) is 15.6. The zero-order valence-electron chi connectivity index (χ0n) is 46.8. The molecule has 0 aromatic heterocycles. The standard InChI is InChI=1S/C64H102N2O8/c1-3-5-7-9-11-13-15-17-19-21-23-25-27-29-31-45-63(69)73-55-59(74-64(70)46-32-30-28-26-24-22-20-18-16-14-12-10-8-6-4-2)54-72-52-51-71-50-49-65-61(67)43-37-38-44-62(68)66-53-58-41-34-33-39-56(58)47-48-57-40-35-36-42-60(57)66/h33-36,39-42,59H,3-32,37-38,43-46,49-55H2,1-2H3,(H,65,67). The zero-order valence-corrected chi connectivity index (χ0v) is 46.8. The summed E-state index contributed by atoms with van der Waals surface area (Å²) < 4.78 is 22.9. The highest BCUT2D eigenvalue weighted by atomic mass is 16.6. The van der Waals surface area contributed by atoms with Gasteiger partial charge in [0.25, 0.3) is 0 Å². The van der Waals surface area contributed by atoms with Crippen molar-refractivity contribution in [3.8, 4) is 11.8 Å². The first kappa shape index (κ1) is 64.1. The van der Waals surface area contributed by atoms with Crippen LogP contribution in [0.1, 0.15) is 262 Å². The van der Waals surface area contributed by atoms with Crippen molar-refractivity contribution < 1.29 is 38.1 Å². The third kappa shape index (κ3) is 33.0. The zero-order chi connectivity index (χ0) is 52.8. The number of esters is 2. The quantitative estimate of drug-likeness (QED) is 0.0395. The van der Waals surface area contributed by atoms with Gasteiger partial charge in [0.2, 0.25) is 11.8 Å². The molecule has 0 bridgehead atoms. The highest BCUT2D eigenvalue weighted by Crippen LogP contribution is 2.27. The lowest BCUT2D eigenvalue weighted by molar-refractivity contribution is -0.163. The molecule has 1 heterocycles. The largest absolute Gasteiger partial charge is 0.462 e. The topological polar surface area (TPSA) is 120 Å². The second-order valence-electron chi connectivity index (χ2n) is 20.8. The van der Waals surface area contributed by atoms with Crippen molar-refractivity contribution in [3.05, 3.63) is 65.2 Å². The van der Waals surface area contributed by atoms with Crippen molar-refractivity contribution in [2.45, 2.75) is 258 Å². The van der Waals surface area contributed by atoms with Crippen LogP contribution in [0.25, 0.3) is 0 Å². The van der Waals surface area contributed by atoms with Crippen molar-refractivity contribution in [2.24, 2.45) is 0 Å². The molecule has 74 heavy (non-hydrogen) atoms. The number of hydrogen-bond acceptors (Lipinski definition) is 8. The van der Waals surface area contributed by atoms with Crippen molar-refractivity contribution in [3.63, 3.8) is 0 Å². The van der Waals surface area contributed by atoms with E-state index in [1.165, 1.54) is 154 Å². The number of hydrogen-bond donors (Lipinski definition) is 1. The molecule has 2 amide bonds. The summed E-state index contributed by atoms with van der Waals surface area (Å²) in [7, 11) is 0. The van der Waals surface area contributed by atoms with E-state index in [4.69, 9.17) is 18.9 Å². The number of nitrogens with zero attached hydrogens (tertiary/aromatic N) is 1. The maximum absolute atomic E-state index is 13.5. The molecule has 1 aliphatic rings. The Hall–Kier alpha value is -4.20. The van der Waals surface area contributed by atoms with E-state index >= 15 is 0 Å². The molecule has 1 N–H and O–H groups in total. The van der Waals surface area contributed by atoms with Gasteiger partial charge < -0.3 is 29.2 Å². The van der Waals surface area contributed by atoms with Crippen LogP contribution in [0.3, 0.4) is 0 Å². The third-order valence-corrected chi connectivity index (χ3v) is 14.2. The molecule has 3 rings (SSSR count). The van der Waals surface area contributed by atoms with Gasteiger partial charge in [0.05, 0.1) is 38.7 Å². The lowest BCUT2D eigenvalue weighted by Gasteiger charge is -2.26. The molecular formula is C64H102N2O8. The molecule has 0 spiro atoms. The van der Waals surface area contributed by atoms with Crippen LogP contribution in [-0.2, 0) is 44.7 Å². The van der Waals surface area contributed by atoms with Gasteiger partial charge in [0.15, 0.2) is 6.10 Å². The van der Waals surface area contributed by atoms with Gasteiger partial charge in [-0.3, -0.25) is 19.2 Å². The Morgan fingerprint density at radius 2 is 0.932 bits per heavy atom. The minimum Gasteiger partial charge on any atom is -0.462 e. The highest BCUT2D eigenvalue weighted by Gasteiger charge is 2.21. The molecular weight excluding hydrogens is 925 g/mol.